The van der Waals surface area contributed by atoms with Crippen LogP contribution in [0.15, 0.2) is 0 Å². The summed E-state index contributed by atoms with van der Waals surface area (Å²) in [6.45, 7) is 7.17. The highest BCUT2D eigenvalue weighted by Crippen LogP contribution is 2.49. The van der Waals surface area contributed by atoms with E-state index in [1.807, 2.05) is 0 Å². The van der Waals surface area contributed by atoms with Crippen LogP contribution in [-0.4, -0.2) is 16.1 Å². The van der Waals surface area contributed by atoms with Gasteiger partial charge in [0.05, 0.1) is 4.58 Å². The zero-order chi connectivity index (χ0) is 15.8. The van der Waals surface area contributed by atoms with E-state index in [2.05, 4.69) is 44.3 Å². The van der Waals surface area contributed by atoms with E-state index in [0.29, 0.717) is 5.41 Å². The van der Waals surface area contributed by atoms with E-state index < -0.39 is 0 Å². The largest absolute Gasteiger partial charge is 0.147 e. The van der Waals surface area contributed by atoms with Crippen LogP contribution in [0.5, 0.6) is 0 Å². The minimum Gasteiger partial charge on any atom is -0.147 e. The summed E-state index contributed by atoms with van der Waals surface area (Å²) in [6, 6.07) is 0. The van der Waals surface area contributed by atoms with E-state index in [-0.39, 0.29) is 0 Å². The lowest BCUT2D eigenvalue weighted by Crippen LogP contribution is -2.33. The fourth-order valence-corrected chi connectivity index (χ4v) is 7.92. The average Bonchev–Trinajstić information content (AvgIpc) is 2.53. The van der Waals surface area contributed by atoms with Crippen LogP contribution in [0.1, 0.15) is 91.4 Å². The Labute approximate surface area is 148 Å². The normalized spacial score (nSPS) is 36.4. The Bertz CT molecular complexity index is 286. The molecule has 22 heavy (non-hydrogen) atoms. The molecule has 0 aromatic rings. The number of unbranched alkanes of at least 4 members (excludes halogenated alkanes) is 3. The Kier molecular flexibility index (Phi) is 8.53. The number of hydrogen-bond donors (Lipinski definition) is 0. The first kappa shape index (κ1) is 19.0. The number of rotatable bonds is 8. The first-order chi connectivity index (χ1) is 10.7. The Morgan fingerprint density at radius 3 is 2.14 bits per heavy atom. The SMILES string of the molecule is CCCCCCC1CCC([C@H]2SC[C@](C)(CCC)CS2)CC1. The molecule has 1 saturated carbocycles. The fourth-order valence-electron chi connectivity index (χ4n) is 4.29. The highest BCUT2D eigenvalue weighted by Gasteiger charge is 2.36. The number of hydrogen-bond acceptors (Lipinski definition) is 2. The van der Waals surface area contributed by atoms with Crippen molar-refractivity contribution in [1.29, 1.82) is 0 Å². The molecule has 0 spiro atoms. The van der Waals surface area contributed by atoms with Gasteiger partial charge < -0.3 is 0 Å². The van der Waals surface area contributed by atoms with Crippen molar-refractivity contribution in [2.24, 2.45) is 17.3 Å². The Morgan fingerprint density at radius 2 is 1.55 bits per heavy atom. The van der Waals surface area contributed by atoms with Crippen molar-refractivity contribution in [3.05, 3.63) is 0 Å². The molecule has 0 radical (unpaired) electrons. The Hall–Kier alpha value is 0.700. The lowest BCUT2D eigenvalue weighted by atomic mass is 9.80. The number of thioether (sulfide) groups is 2. The van der Waals surface area contributed by atoms with E-state index >= 15 is 0 Å². The van der Waals surface area contributed by atoms with Gasteiger partial charge in [-0.1, -0.05) is 72.1 Å². The van der Waals surface area contributed by atoms with Gasteiger partial charge in [0.2, 0.25) is 0 Å². The van der Waals surface area contributed by atoms with Crippen molar-refractivity contribution in [3.8, 4) is 0 Å². The highest BCUT2D eigenvalue weighted by molar-refractivity contribution is 8.17. The highest BCUT2D eigenvalue weighted by atomic mass is 32.2. The topological polar surface area (TPSA) is 0 Å². The Balaban J connectivity index is 1.63. The molecule has 1 aliphatic heterocycles. The van der Waals surface area contributed by atoms with Crippen molar-refractivity contribution < 1.29 is 0 Å². The summed E-state index contributed by atoms with van der Waals surface area (Å²) in [4.78, 5) is 0. The molecule has 2 rings (SSSR count). The van der Waals surface area contributed by atoms with Crippen molar-refractivity contribution in [3.63, 3.8) is 0 Å². The first-order valence-electron chi connectivity index (χ1n) is 9.90. The minimum absolute atomic E-state index is 0.622. The van der Waals surface area contributed by atoms with Crippen LogP contribution in [0, 0.1) is 17.3 Å². The second kappa shape index (κ2) is 9.87. The van der Waals surface area contributed by atoms with Gasteiger partial charge in [-0.15, -0.1) is 23.5 Å². The van der Waals surface area contributed by atoms with Gasteiger partial charge in [-0.05, 0) is 36.5 Å². The van der Waals surface area contributed by atoms with Crippen molar-refractivity contribution in [2.75, 3.05) is 11.5 Å². The summed E-state index contributed by atoms with van der Waals surface area (Å²) in [7, 11) is 0. The summed E-state index contributed by atoms with van der Waals surface area (Å²) >= 11 is 4.61. The molecule has 0 unspecified atom stereocenters. The van der Waals surface area contributed by atoms with Crippen molar-refractivity contribution >= 4 is 23.5 Å². The first-order valence-corrected chi connectivity index (χ1v) is 12.0. The summed E-state index contributed by atoms with van der Waals surface area (Å²) in [5.41, 5.74) is 0.622. The van der Waals surface area contributed by atoms with Gasteiger partial charge in [-0.3, -0.25) is 0 Å². The van der Waals surface area contributed by atoms with Gasteiger partial charge in [0, 0.05) is 11.5 Å². The molecule has 1 heterocycles. The van der Waals surface area contributed by atoms with Gasteiger partial charge >= 0.3 is 0 Å². The quantitative estimate of drug-likeness (QED) is 0.422. The molecule has 2 fully saturated rings. The van der Waals surface area contributed by atoms with E-state index in [1.165, 1.54) is 82.1 Å². The smallest absolute Gasteiger partial charge is 0.0531 e. The van der Waals surface area contributed by atoms with Gasteiger partial charge in [0.15, 0.2) is 0 Å². The van der Waals surface area contributed by atoms with Crippen molar-refractivity contribution in [1.82, 2.24) is 0 Å². The standard InChI is InChI=1S/C20H38S2/c1-4-6-7-8-9-17-10-12-18(13-11-17)19-21-15-20(3,14-5-2)16-22-19/h17-19H,4-16H2,1-3H3/t17?,18?,19-,20-. The Morgan fingerprint density at radius 1 is 0.864 bits per heavy atom. The lowest BCUT2D eigenvalue weighted by Gasteiger charge is -2.41. The van der Waals surface area contributed by atoms with Crippen LogP contribution < -0.4 is 0 Å². The van der Waals surface area contributed by atoms with Gasteiger partial charge in [0.1, 0.15) is 0 Å². The van der Waals surface area contributed by atoms with E-state index in [9.17, 15) is 0 Å². The lowest BCUT2D eigenvalue weighted by molar-refractivity contribution is 0.268. The maximum Gasteiger partial charge on any atom is 0.0531 e. The second-order valence-corrected chi connectivity index (χ2v) is 10.7. The zero-order valence-corrected chi connectivity index (χ0v) is 16.9. The van der Waals surface area contributed by atoms with Crippen LogP contribution in [0.4, 0.5) is 0 Å². The maximum absolute atomic E-state index is 2.51. The van der Waals surface area contributed by atoms with Crippen molar-refractivity contribution in [2.45, 2.75) is 96.0 Å². The summed E-state index contributed by atoms with van der Waals surface area (Å²) in [6.07, 6.45) is 16.2. The van der Waals surface area contributed by atoms with Crippen LogP contribution in [0.3, 0.4) is 0 Å². The van der Waals surface area contributed by atoms with Gasteiger partial charge in [0.25, 0.3) is 0 Å². The molecule has 130 valence electrons. The molecular weight excluding hydrogens is 304 g/mol. The van der Waals surface area contributed by atoms with E-state index in [1.54, 1.807) is 0 Å². The van der Waals surface area contributed by atoms with Gasteiger partial charge in [-0.2, -0.15) is 0 Å². The molecule has 0 amide bonds. The van der Waals surface area contributed by atoms with Crippen LogP contribution >= 0.6 is 23.5 Å². The molecule has 2 aliphatic rings. The fraction of sp³-hybridized carbons (Fsp3) is 1.00. The molecule has 0 N–H and O–H groups in total. The third-order valence-electron chi connectivity index (χ3n) is 5.79. The third kappa shape index (κ3) is 5.96. The molecule has 1 aliphatic carbocycles. The predicted octanol–water partition coefficient (Wildman–Crippen LogP) is 7.38. The average molecular weight is 343 g/mol. The molecular formula is C20H38S2. The molecule has 0 nitrogen and oxygen atoms in total. The van der Waals surface area contributed by atoms with Crippen LogP contribution in [0.25, 0.3) is 0 Å². The summed E-state index contributed by atoms with van der Waals surface area (Å²) in [5.74, 6) is 4.91. The summed E-state index contributed by atoms with van der Waals surface area (Å²) < 4.78 is 0.922. The summed E-state index contributed by atoms with van der Waals surface area (Å²) in [5, 5.41) is 0. The zero-order valence-electron chi connectivity index (χ0n) is 15.2. The van der Waals surface area contributed by atoms with E-state index in [0.717, 1.165) is 16.4 Å². The predicted molar refractivity (Wildman–Crippen MR) is 106 cm³/mol. The monoisotopic (exact) mass is 342 g/mol. The molecule has 0 aromatic carbocycles. The molecule has 0 bridgehead atoms. The second-order valence-electron chi connectivity index (χ2n) is 8.18. The molecule has 2 heteroatoms. The van der Waals surface area contributed by atoms with Crippen LogP contribution in [0.2, 0.25) is 0 Å². The maximum atomic E-state index is 2.51. The molecule has 0 aromatic heterocycles. The third-order valence-corrected chi connectivity index (χ3v) is 9.76. The van der Waals surface area contributed by atoms with Crippen LogP contribution in [-0.2, 0) is 0 Å². The molecule has 0 atom stereocenters. The minimum atomic E-state index is 0.622. The molecule has 1 saturated heterocycles. The van der Waals surface area contributed by atoms with E-state index in [4.69, 9.17) is 0 Å². The van der Waals surface area contributed by atoms with Gasteiger partial charge in [-0.25, -0.2) is 0 Å².